The second-order valence-electron chi connectivity index (χ2n) is 6.85. The quantitative estimate of drug-likeness (QED) is 0.356. The molecule has 0 atom stereocenters. The van der Waals surface area contributed by atoms with E-state index in [1.54, 1.807) is 0 Å². The number of rotatable bonds is 0. The van der Waals surface area contributed by atoms with Crippen molar-refractivity contribution in [2.24, 2.45) is 0 Å². The molecule has 110 valence electrons. The summed E-state index contributed by atoms with van der Waals surface area (Å²) in [6, 6.07) is 26.6. The third-order valence-corrected chi connectivity index (χ3v) is 5.24. The van der Waals surface area contributed by atoms with Crippen molar-refractivity contribution in [2.45, 2.75) is 0 Å². The largest absolute Gasteiger partial charge is 0.262 e. The van der Waals surface area contributed by atoms with Crippen LogP contribution < -0.4 is 4.48 Å². The Morgan fingerprint density at radius 2 is 1.26 bits per heavy atom. The van der Waals surface area contributed by atoms with Gasteiger partial charge in [0.1, 0.15) is 11.4 Å². The van der Waals surface area contributed by atoms with Crippen LogP contribution in [0.3, 0.4) is 0 Å². The fraction of sp³-hybridized carbons (Fsp3) is 0.0909. The minimum Gasteiger partial charge on any atom is -0.262 e. The Morgan fingerprint density at radius 1 is 0.609 bits per heavy atom. The lowest BCUT2D eigenvalue weighted by Gasteiger charge is -2.25. The summed E-state index contributed by atoms with van der Waals surface area (Å²) in [6.45, 7) is 0. The van der Waals surface area contributed by atoms with E-state index in [4.69, 9.17) is 0 Å². The van der Waals surface area contributed by atoms with Gasteiger partial charge in [-0.15, -0.1) is 0 Å². The van der Waals surface area contributed by atoms with E-state index in [9.17, 15) is 0 Å². The Bertz CT molecular complexity index is 1090. The molecule has 0 N–H and O–H groups in total. The molecule has 4 aromatic rings. The van der Waals surface area contributed by atoms with E-state index in [-0.39, 0.29) is 0 Å². The average Bonchev–Trinajstić information content (AvgIpc) is 2.81. The van der Waals surface area contributed by atoms with Gasteiger partial charge in [-0.2, -0.15) is 0 Å². The van der Waals surface area contributed by atoms with Crippen LogP contribution in [0.5, 0.6) is 0 Å². The Hall–Kier alpha value is -2.64. The third-order valence-electron chi connectivity index (χ3n) is 5.24. The van der Waals surface area contributed by atoms with Gasteiger partial charge >= 0.3 is 0 Å². The summed E-state index contributed by atoms with van der Waals surface area (Å²) in [5, 5.41) is 5.29. The summed E-state index contributed by atoms with van der Waals surface area (Å²) in [5.74, 6) is 0. The SMILES string of the molecule is C[N+]1(C)c2cc3ccccc3cc2-c2c1ccc1ccccc21. The molecule has 23 heavy (non-hydrogen) atoms. The molecule has 0 aliphatic carbocycles. The van der Waals surface area contributed by atoms with E-state index >= 15 is 0 Å². The molecule has 1 heterocycles. The molecular formula is C22H18N+. The molecule has 5 rings (SSSR count). The zero-order valence-electron chi connectivity index (χ0n) is 13.4. The van der Waals surface area contributed by atoms with Gasteiger partial charge in [0.2, 0.25) is 0 Å². The third kappa shape index (κ3) is 1.60. The van der Waals surface area contributed by atoms with Crippen LogP contribution in [0.25, 0.3) is 32.7 Å². The highest BCUT2D eigenvalue weighted by atomic mass is 15.3. The molecule has 0 radical (unpaired) electrons. The van der Waals surface area contributed by atoms with E-state index in [0.29, 0.717) is 0 Å². The topological polar surface area (TPSA) is 0 Å². The Morgan fingerprint density at radius 3 is 2.04 bits per heavy atom. The van der Waals surface area contributed by atoms with Gasteiger partial charge in [0, 0.05) is 12.1 Å². The van der Waals surface area contributed by atoms with Gasteiger partial charge in [0.05, 0.1) is 25.2 Å². The molecular weight excluding hydrogens is 278 g/mol. The van der Waals surface area contributed by atoms with Crippen LogP contribution in [0, 0.1) is 0 Å². The van der Waals surface area contributed by atoms with Crippen LogP contribution in [-0.4, -0.2) is 14.1 Å². The van der Waals surface area contributed by atoms with Crippen molar-refractivity contribution in [3.8, 4) is 11.1 Å². The van der Waals surface area contributed by atoms with Crippen molar-refractivity contribution in [1.82, 2.24) is 4.48 Å². The first-order valence-electron chi connectivity index (χ1n) is 8.06. The minimum absolute atomic E-state index is 0.806. The van der Waals surface area contributed by atoms with E-state index in [0.717, 1.165) is 4.48 Å². The lowest BCUT2D eigenvalue weighted by Crippen LogP contribution is -2.31. The van der Waals surface area contributed by atoms with Crippen molar-refractivity contribution in [3.63, 3.8) is 0 Å². The highest BCUT2D eigenvalue weighted by Crippen LogP contribution is 2.54. The molecule has 4 aromatic carbocycles. The lowest BCUT2D eigenvalue weighted by molar-refractivity contribution is 0.569. The van der Waals surface area contributed by atoms with Gasteiger partial charge < -0.3 is 0 Å². The molecule has 0 saturated heterocycles. The summed E-state index contributed by atoms with van der Waals surface area (Å²) >= 11 is 0. The number of benzene rings is 4. The first-order valence-corrected chi connectivity index (χ1v) is 8.06. The molecule has 1 aliphatic heterocycles. The zero-order chi connectivity index (χ0) is 15.6. The highest BCUT2D eigenvalue weighted by Gasteiger charge is 2.38. The van der Waals surface area contributed by atoms with Crippen molar-refractivity contribution in [2.75, 3.05) is 14.1 Å². The minimum atomic E-state index is 0.806. The Kier molecular flexibility index (Phi) is 2.36. The number of nitrogens with zero attached hydrogens (tertiary/aromatic N) is 1. The number of quaternary nitrogens is 1. The maximum Gasteiger partial charge on any atom is 0.146 e. The van der Waals surface area contributed by atoms with Crippen molar-refractivity contribution in [1.29, 1.82) is 0 Å². The highest BCUT2D eigenvalue weighted by molar-refractivity contribution is 6.11. The molecule has 1 nitrogen and oxygen atoms in total. The zero-order valence-corrected chi connectivity index (χ0v) is 13.4. The average molecular weight is 296 g/mol. The van der Waals surface area contributed by atoms with Gasteiger partial charge in [0.15, 0.2) is 0 Å². The van der Waals surface area contributed by atoms with Gasteiger partial charge in [-0.1, -0.05) is 48.5 Å². The van der Waals surface area contributed by atoms with E-state index in [2.05, 4.69) is 86.9 Å². The molecule has 1 aliphatic rings. The molecule has 0 spiro atoms. The first kappa shape index (κ1) is 12.9. The van der Waals surface area contributed by atoms with Crippen LogP contribution in [0.4, 0.5) is 11.4 Å². The molecule has 0 amide bonds. The number of fused-ring (bicyclic) bond motifs is 6. The molecule has 0 saturated carbocycles. The summed E-state index contributed by atoms with van der Waals surface area (Å²) in [6.07, 6.45) is 0. The van der Waals surface area contributed by atoms with Crippen molar-refractivity contribution in [3.05, 3.63) is 72.8 Å². The predicted octanol–water partition coefficient (Wildman–Crippen LogP) is 5.87. The van der Waals surface area contributed by atoms with E-state index in [1.165, 1.54) is 44.0 Å². The normalized spacial score (nSPS) is 14.9. The fourth-order valence-corrected chi connectivity index (χ4v) is 4.03. The fourth-order valence-electron chi connectivity index (χ4n) is 4.03. The number of hydrogen-bond acceptors (Lipinski definition) is 0. The van der Waals surface area contributed by atoms with E-state index in [1.807, 2.05) is 0 Å². The summed E-state index contributed by atoms with van der Waals surface area (Å²) in [5.41, 5.74) is 5.54. The van der Waals surface area contributed by atoms with E-state index < -0.39 is 0 Å². The van der Waals surface area contributed by atoms with Crippen LogP contribution in [0.15, 0.2) is 72.8 Å². The van der Waals surface area contributed by atoms with Crippen LogP contribution in [-0.2, 0) is 0 Å². The first-order chi connectivity index (χ1) is 11.2. The summed E-state index contributed by atoms with van der Waals surface area (Å²) in [4.78, 5) is 0. The second kappa shape index (κ2) is 4.21. The standard InChI is InChI=1S/C22H18N/c1-23(2)20-12-11-15-7-5-6-10-18(15)22(20)19-13-16-8-3-4-9-17(16)14-21(19)23/h3-14H,1-2H3/q+1. The summed E-state index contributed by atoms with van der Waals surface area (Å²) in [7, 11) is 4.57. The van der Waals surface area contributed by atoms with Gasteiger partial charge in [0.25, 0.3) is 0 Å². The lowest BCUT2D eigenvalue weighted by atomic mass is 9.96. The van der Waals surface area contributed by atoms with Crippen molar-refractivity contribution >= 4 is 32.9 Å². The van der Waals surface area contributed by atoms with Crippen LogP contribution >= 0.6 is 0 Å². The molecule has 0 bridgehead atoms. The molecule has 0 unspecified atom stereocenters. The predicted molar refractivity (Wildman–Crippen MR) is 100 cm³/mol. The van der Waals surface area contributed by atoms with Crippen LogP contribution in [0.2, 0.25) is 0 Å². The Labute approximate surface area is 136 Å². The van der Waals surface area contributed by atoms with Crippen LogP contribution in [0.1, 0.15) is 0 Å². The Balaban J connectivity index is 1.99. The summed E-state index contributed by atoms with van der Waals surface area (Å²) < 4.78 is 0.806. The van der Waals surface area contributed by atoms with Gasteiger partial charge in [-0.25, -0.2) is 0 Å². The number of hydrogen-bond donors (Lipinski definition) is 0. The molecule has 0 fully saturated rings. The van der Waals surface area contributed by atoms with Gasteiger partial charge in [-0.3, -0.25) is 4.48 Å². The maximum atomic E-state index is 2.36. The second-order valence-corrected chi connectivity index (χ2v) is 6.85. The maximum absolute atomic E-state index is 2.36. The van der Waals surface area contributed by atoms with Gasteiger partial charge in [-0.05, 0) is 33.7 Å². The smallest absolute Gasteiger partial charge is 0.146 e. The monoisotopic (exact) mass is 296 g/mol. The van der Waals surface area contributed by atoms with Crippen molar-refractivity contribution < 1.29 is 0 Å². The molecule has 1 heteroatoms. The molecule has 0 aromatic heterocycles.